The highest BCUT2D eigenvalue weighted by Gasteiger charge is 2.30. The molecular weight excluding hydrogens is 388 g/mol. The van der Waals surface area contributed by atoms with Gasteiger partial charge in [-0.1, -0.05) is 26.7 Å². The minimum atomic E-state index is -3.51. The van der Waals surface area contributed by atoms with E-state index >= 15 is 0 Å². The maximum absolute atomic E-state index is 11.4. The van der Waals surface area contributed by atoms with Crippen LogP contribution in [0.25, 0.3) is 0 Å². The summed E-state index contributed by atoms with van der Waals surface area (Å²) in [6.07, 6.45) is 7.75. The van der Waals surface area contributed by atoms with Gasteiger partial charge in [-0.2, -0.15) is 0 Å². The fourth-order valence-corrected chi connectivity index (χ4v) is 3.87. The van der Waals surface area contributed by atoms with Gasteiger partial charge in [0, 0.05) is 13.2 Å². The highest BCUT2D eigenvalue weighted by atomic mass is 32.2. The average molecular weight is 429 g/mol. The summed E-state index contributed by atoms with van der Waals surface area (Å²) in [6.45, 7) is 9.06. The molecule has 4 N–H and O–H groups in total. The van der Waals surface area contributed by atoms with Gasteiger partial charge in [-0.3, -0.25) is 0 Å². The standard InChI is InChI=1S/C18H40N2O5S2/c1-17(2,12-7-10-16-26(19,21)22)11-5-8-14-25-15-9-6-13-18(3,4)27(20,23)24/h5-16H2,1-4H3,(H2,19,21,22)(H2,20,23,24). The number of ether oxygens (including phenoxy) is 1. The summed E-state index contributed by atoms with van der Waals surface area (Å²) in [5.41, 5.74) is 0.192. The predicted octanol–water partition coefficient (Wildman–Crippen LogP) is 2.90. The summed E-state index contributed by atoms with van der Waals surface area (Å²) in [6, 6.07) is 0. The largest absolute Gasteiger partial charge is 0.381 e. The van der Waals surface area contributed by atoms with Crippen molar-refractivity contribution in [1.29, 1.82) is 0 Å². The van der Waals surface area contributed by atoms with Crippen LogP contribution in [0.2, 0.25) is 0 Å². The van der Waals surface area contributed by atoms with Crippen molar-refractivity contribution in [2.24, 2.45) is 15.7 Å². The van der Waals surface area contributed by atoms with Gasteiger partial charge in [-0.15, -0.1) is 0 Å². The molecule has 0 bridgehead atoms. The average Bonchev–Trinajstić information content (AvgIpc) is 2.48. The molecule has 0 aliphatic carbocycles. The van der Waals surface area contributed by atoms with E-state index in [0.29, 0.717) is 26.1 Å². The van der Waals surface area contributed by atoms with Crippen molar-refractivity contribution in [2.45, 2.75) is 90.2 Å². The van der Waals surface area contributed by atoms with Crippen LogP contribution in [-0.2, 0) is 24.8 Å². The van der Waals surface area contributed by atoms with Crippen LogP contribution < -0.4 is 10.3 Å². The first-order valence-corrected chi connectivity index (χ1v) is 13.0. The SMILES string of the molecule is CC(C)(CCCCOCCCCC(C)(C)S(N)(=O)=O)CCCCS(N)(=O)=O. The van der Waals surface area contributed by atoms with Gasteiger partial charge in [0.05, 0.1) is 10.5 Å². The van der Waals surface area contributed by atoms with E-state index in [1.807, 2.05) is 0 Å². The van der Waals surface area contributed by atoms with Crippen LogP contribution in [0.1, 0.15) is 85.5 Å². The molecule has 9 heteroatoms. The lowest BCUT2D eigenvalue weighted by atomic mass is 9.82. The zero-order valence-electron chi connectivity index (χ0n) is 17.5. The molecular formula is C18H40N2O5S2. The van der Waals surface area contributed by atoms with E-state index in [1.54, 1.807) is 13.8 Å². The van der Waals surface area contributed by atoms with E-state index in [-0.39, 0.29) is 11.2 Å². The Morgan fingerprint density at radius 1 is 0.704 bits per heavy atom. The van der Waals surface area contributed by atoms with E-state index < -0.39 is 24.8 Å². The van der Waals surface area contributed by atoms with Crippen molar-refractivity contribution in [2.75, 3.05) is 19.0 Å². The van der Waals surface area contributed by atoms with Crippen molar-refractivity contribution in [1.82, 2.24) is 0 Å². The molecule has 27 heavy (non-hydrogen) atoms. The Kier molecular flexibility index (Phi) is 11.6. The molecule has 0 heterocycles. The number of hydrogen-bond donors (Lipinski definition) is 2. The third-order valence-electron chi connectivity index (χ3n) is 5.01. The Morgan fingerprint density at radius 3 is 1.59 bits per heavy atom. The number of unbranched alkanes of at least 4 members (excludes halogenated alkanes) is 3. The lowest BCUT2D eigenvalue weighted by Gasteiger charge is -2.24. The van der Waals surface area contributed by atoms with Crippen LogP contribution in [0, 0.1) is 5.41 Å². The third kappa shape index (κ3) is 14.4. The second kappa shape index (κ2) is 11.7. The summed E-state index contributed by atoms with van der Waals surface area (Å²) in [5, 5.41) is 10.2. The number of rotatable bonds is 16. The minimum Gasteiger partial charge on any atom is -0.381 e. The van der Waals surface area contributed by atoms with Gasteiger partial charge in [-0.05, 0) is 64.2 Å². The predicted molar refractivity (Wildman–Crippen MR) is 111 cm³/mol. The first-order valence-electron chi connectivity index (χ1n) is 9.77. The van der Waals surface area contributed by atoms with E-state index in [1.165, 1.54) is 0 Å². The zero-order chi connectivity index (χ0) is 21.2. The van der Waals surface area contributed by atoms with Crippen molar-refractivity contribution in [3.63, 3.8) is 0 Å². The molecule has 0 aromatic rings. The Labute approximate surface area is 166 Å². The first kappa shape index (κ1) is 26.8. The summed E-state index contributed by atoms with van der Waals surface area (Å²) in [4.78, 5) is 0. The van der Waals surface area contributed by atoms with Crippen LogP contribution in [0.15, 0.2) is 0 Å². The Hall–Kier alpha value is -0.220. The molecule has 0 fully saturated rings. The molecule has 0 radical (unpaired) electrons. The highest BCUT2D eigenvalue weighted by Crippen LogP contribution is 2.29. The normalized spacial score (nSPS) is 13.9. The number of hydrogen-bond acceptors (Lipinski definition) is 5. The van der Waals surface area contributed by atoms with E-state index in [2.05, 4.69) is 13.8 Å². The fourth-order valence-electron chi connectivity index (χ4n) is 2.84. The third-order valence-corrected chi connectivity index (χ3v) is 7.61. The Bertz CT molecular complexity index is 614. The lowest BCUT2D eigenvalue weighted by Crippen LogP contribution is -2.37. The summed E-state index contributed by atoms with van der Waals surface area (Å²) < 4.78 is 49.4. The maximum Gasteiger partial charge on any atom is 0.214 e. The molecule has 0 spiro atoms. The molecule has 0 rings (SSSR count). The smallest absolute Gasteiger partial charge is 0.214 e. The molecule has 0 aromatic carbocycles. The molecule has 0 aromatic heterocycles. The summed E-state index contributed by atoms with van der Waals surface area (Å²) in [7, 11) is -6.86. The lowest BCUT2D eigenvalue weighted by molar-refractivity contribution is 0.122. The van der Waals surface area contributed by atoms with Gasteiger partial charge in [0.1, 0.15) is 0 Å². The van der Waals surface area contributed by atoms with Crippen LogP contribution >= 0.6 is 0 Å². The molecule has 0 saturated heterocycles. The number of primary sulfonamides is 2. The van der Waals surface area contributed by atoms with Gasteiger partial charge in [-0.25, -0.2) is 27.1 Å². The molecule has 0 aliphatic rings. The Morgan fingerprint density at radius 2 is 1.15 bits per heavy atom. The molecule has 7 nitrogen and oxygen atoms in total. The van der Waals surface area contributed by atoms with Crippen molar-refractivity contribution < 1.29 is 21.6 Å². The van der Waals surface area contributed by atoms with Gasteiger partial charge in [0.25, 0.3) is 0 Å². The van der Waals surface area contributed by atoms with Crippen LogP contribution in [0.3, 0.4) is 0 Å². The fraction of sp³-hybridized carbons (Fsp3) is 1.00. The maximum atomic E-state index is 11.4. The van der Waals surface area contributed by atoms with Gasteiger partial charge < -0.3 is 4.74 Å². The molecule has 164 valence electrons. The second-order valence-electron chi connectivity index (χ2n) is 8.82. The van der Waals surface area contributed by atoms with Crippen molar-refractivity contribution in [3.05, 3.63) is 0 Å². The second-order valence-corrected chi connectivity index (χ2v) is 12.7. The molecule has 0 aliphatic heterocycles. The molecule has 0 saturated carbocycles. The molecule has 0 unspecified atom stereocenters. The van der Waals surface area contributed by atoms with Gasteiger partial charge >= 0.3 is 0 Å². The Balaban J connectivity index is 3.68. The van der Waals surface area contributed by atoms with E-state index in [4.69, 9.17) is 15.0 Å². The monoisotopic (exact) mass is 428 g/mol. The van der Waals surface area contributed by atoms with Gasteiger partial charge in [0.2, 0.25) is 20.0 Å². The highest BCUT2D eigenvalue weighted by molar-refractivity contribution is 7.90. The number of sulfonamides is 2. The van der Waals surface area contributed by atoms with Crippen LogP contribution in [0.4, 0.5) is 0 Å². The van der Waals surface area contributed by atoms with Crippen LogP contribution in [-0.4, -0.2) is 40.5 Å². The summed E-state index contributed by atoms with van der Waals surface area (Å²) in [5.74, 6) is 0.0608. The van der Waals surface area contributed by atoms with Gasteiger partial charge in [0.15, 0.2) is 0 Å². The topological polar surface area (TPSA) is 130 Å². The first-order chi connectivity index (χ1) is 12.2. The van der Waals surface area contributed by atoms with E-state index in [9.17, 15) is 16.8 Å². The van der Waals surface area contributed by atoms with E-state index in [0.717, 1.165) is 44.9 Å². The van der Waals surface area contributed by atoms with Crippen molar-refractivity contribution in [3.8, 4) is 0 Å². The minimum absolute atomic E-state index is 0.0608. The summed E-state index contributed by atoms with van der Waals surface area (Å²) >= 11 is 0. The van der Waals surface area contributed by atoms with Crippen LogP contribution in [0.5, 0.6) is 0 Å². The molecule has 0 amide bonds. The zero-order valence-corrected chi connectivity index (χ0v) is 19.1. The van der Waals surface area contributed by atoms with Crippen molar-refractivity contribution >= 4 is 20.0 Å². The quantitative estimate of drug-likeness (QED) is 0.365. The number of nitrogens with two attached hydrogens (primary N) is 2. The molecule has 0 atom stereocenters.